The van der Waals surface area contributed by atoms with E-state index in [4.69, 9.17) is 0 Å². The number of hydrogen-bond acceptors (Lipinski definition) is 6. The van der Waals surface area contributed by atoms with Gasteiger partial charge in [-0.2, -0.15) is 0 Å². The van der Waals surface area contributed by atoms with E-state index in [1.807, 2.05) is 0 Å². The van der Waals surface area contributed by atoms with E-state index in [1.165, 1.54) is 6.20 Å². The summed E-state index contributed by atoms with van der Waals surface area (Å²) in [6, 6.07) is 1.57. The third-order valence-electron chi connectivity index (χ3n) is 3.19. The van der Waals surface area contributed by atoms with Gasteiger partial charge in [-0.1, -0.05) is 0 Å². The van der Waals surface area contributed by atoms with Gasteiger partial charge in [-0.15, -0.1) is 0 Å². The fourth-order valence-corrected chi connectivity index (χ4v) is 4.05. The fourth-order valence-electron chi connectivity index (χ4n) is 2.18. The monoisotopic (exact) mass is 285 g/mol. The molecule has 1 aromatic heterocycles. The highest BCUT2D eigenvalue weighted by Gasteiger charge is 2.28. The number of rotatable bonds is 4. The van der Waals surface area contributed by atoms with Crippen LogP contribution in [0.2, 0.25) is 0 Å². The van der Waals surface area contributed by atoms with E-state index < -0.39 is 14.8 Å². The molecule has 1 unspecified atom stereocenters. The molecule has 1 N–H and O–H groups in total. The van der Waals surface area contributed by atoms with Gasteiger partial charge in [-0.3, -0.25) is 10.1 Å². The van der Waals surface area contributed by atoms with E-state index in [-0.39, 0.29) is 28.9 Å². The summed E-state index contributed by atoms with van der Waals surface area (Å²) in [7, 11) is -2.93. The zero-order chi connectivity index (χ0) is 14.0. The van der Waals surface area contributed by atoms with Crippen LogP contribution in [0.1, 0.15) is 12.0 Å². The number of aromatic nitrogens is 1. The van der Waals surface area contributed by atoms with Gasteiger partial charge in [0.15, 0.2) is 9.84 Å². The molecule has 7 nitrogen and oxygen atoms in total. The molecule has 1 aromatic rings. The largest absolute Gasteiger partial charge is 0.364 e. The Labute approximate surface area is 111 Å². The number of aryl methyl sites for hydroxylation is 1. The maximum Gasteiger partial charge on any atom is 0.314 e. The van der Waals surface area contributed by atoms with Crippen molar-refractivity contribution < 1.29 is 13.3 Å². The smallest absolute Gasteiger partial charge is 0.314 e. The number of sulfone groups is 1. The van der Waals surface area contributed by atoms with Gasteiger partial charge in [-0.05, 0) is 25.3 Å². The Bertz CT molecular complexity index is 600. The molecule has 0 saturated carbocycles. The van der Waals surface area contributed by atoms with E-state index in [0.717, 1.165) is 0 Å². The van der Waals surface area contributed by atoms with Gasteiger partial charge in [0.1, 0.15) is 0 Å². The highest BCUT2D eigenvalue weighted by Crippen LogP contribution is 2.26. The summed E-state index contributed by atoms with van der Waals surface area (Å²) in [4.78, 5) is 14.5. The molecule has 1 fully saturated rings. The minimum absolute atomic E-state index is 0.00748. The van der Waals surface area contributed by atoms with Crippen molar-refractivity contribution in [2.75, 3.05) is 23.4 Å². The molecule has 1 saturated heterocycles. The van der Waals surface area contributed by atoms with Crippen LogP contribution in [-0.4, -0.2) is 36.4 Å². The standard InChI is InChI=1S/C11H15N3O4S/c1-8-2-4-12-11(10(8)14(15)16)13-6-9-3-5-19(17,18)7-9/h2,4,9H,3,5-7H2,1H3,(H,12,13). The first kappa shape index (κ1) is 13.7. The molecule has 0 spiro atoms. The second-order valence-electron chi connectivity index (χ2n) is 4.73. The normalized spacial score (nSPS) is 21.2. The zero-order valence-corrected chi connectivity index (χ0v) is 11.3. The summed E-state index contributed by atoms with van der Waals surface area (Å²) < 4.78 is 22.7. The average molecular weight is 285 g/mol. The molecule has 104 valence electrons. The van der Waals surface area contributed by atoms with Crippen molar-refractivity contribution in [2.45, 2.75) is 13.3 Å². The highest BCUT2D eigenvalue weighted by molar-refractivity contribution is 7.91. The molecular formula is C11H15N3O4S. The number of nitrogens with one attached hydrogen (secondary N) is 1. The molecule has 1 aliphatic heterocycles. The van der Waals surface area contributed by atoms with E-state index >= 15 is 0 Å². The lowest BCUT2D eigenvalue weighted by Gasteiger charge is -2.10. The van der Waals surface area contributed by atoms with Gasteiger partial charge in [0.2, 0.25) is 5.82 Å². The molecule has 1 atom stereocenters. The SMILES string of the molecule is Cc1ccnc(NCC2CCS(=O)(=O)C2)c1[N+](=O)[O-]. The van der Waals surface area contributed by atoms with Crippen LogP contribution in [0.5, 0.6) is 0 Å². The first-order chi connectivity index (χ1) is 8.89. The molecular weight excluding hydrogens is 270 g/mol. The van der Waals surface area contributed by atoms with Crippen molar-refractivity contribution in [3.63, 3.8) is 0 Å². The predicted molar refractivity (Wildman–Crippen MR) is 70.9 cm³/mol. The maximum absolute atomic E-state index is 11.3. The molecule has 8 heteroatoms. The lowest BCUT2D eigenvalue weighted by Crippen LogP contribution is -2.17. The average Bonchev–Trinajstić information content (AvgIpc) is 2.66. The van der Waals surface area contributed by atoms with Gasteiger partial charge in [0, 0.05) is 18.3 Å². The molecule has 2 rings (SSSR count). The third kappa shape index (κ3) is 3.19. The van der Waals surface area contributed by atoms with Crippen LogP contribution in [0.4, 0.5) is 11.5 Å². The lowest BCUT2D eigenvalue weighted by atomic mass is 10.1. The summed E-state index contributed by atoms with van der Waals surface area (Å²) >= 11 is 0. The van der Waals surface area contributed by atoms with Gasteiger partial charge < -0.3 is 5.32 Å². The lowest BCUT2D eigenvalue weighted by molar-refractivity contribution is -0.384. The van der Waals surface area contributed by atoms with E-state index in [0.29, 0.717) is 18.5 Å². The highest BCUT2D eigenvalue weighted by atomic mass is 32.2. The Morgan fingerprint density at radius 1 is 1.58 bits per heavy atom. The van der Waals surface area contributed by atoms with Gasteiger partial charge in [0.05, 0.1) is 16.4 Å². The summed E-state index contributed by atoms with van der Waals surface area (Å²) in [6.45, 7) is 2.03. The first-order valence-corrected chi connectivity index (χ1v) is 7.75. The van der Waals surface area contributed by atoms with Crippen molar-refractivity contribution in [2.24, 2.45) is 5.92 Å². The Kier molecular flexibility index (Phi) is 3.70. The molecule has 1 aliphatic rings. The second kappa shape index (κ2) is 5.12. The molecule has 0 aromatic carbocycles. The Morgan fingerprint density at radius 2 is 2.32 bits per heavy atom. The number of nitrogens with zero attached hydrogens (tertiary/aromatic N) is 2. The summed E-state index contributed by atoms with van der Waals surface area (Å²) in [5.41, 5.74) is 0.477. The van der Waals surface area contributed by atoms with Crippen LogP contribution in [0.15, 0.2) is 12.3 Å². The van der Waals surface area contributed by atoms with Crippen LogP contribution < -0.4 is 5.32 Å². The summed E-state index contributed by atoms with van der Waals surface area (Å²) in [5.74, 6) is 0.531. The van der Waals surface area contributed by atoms with Crippen molar-refractivity contribution in [1.82, 2.24) is 4.98 Å². The minimum atomic E-state index is -2.93. The van der Waals surface area contributed by atoms with Gasteiger partial charge in [-0.25, -0.2) is 13.4 Å². The zero-order valence-electron chi connectivity index (χ0n) is 10.5. The van der Waals surface area contributed by atoms with Crippen LogP contribution >= 0.6 is 0 Å². The van der Waals surface area contributed by atoms with Gasteiger partial charge in [0.25, 0.3) is 0 Å². The topological polar surface area (TPSA) is 102 Å². The van der Waals surface area contributed by atoms with Crippen LogP contribution in [0.3, 0.4) is 0 Å². The maximum atomic E-state index is 11.3. The van der Waals surface area contributed by atoms with Crippen molar-refractivity contribution >= 4 is 21.3 Å². The van der Waals surface area contributed by atoms with Gasteiger partial charge >= 0.3 is 5.69 Å². The van der Waals surface area contributed by atoms with E-state index in [1.54, 1.807) is 13.0 Å². The predicted octanol–water partition coefficient (Wildman–Crippen LogP) is 1.14. The number of nitro groups is 1. The summed E-state index contributed by atoms with van der Waals surface area (Å²) in [5, 5.41) is 13.9. The Hall–Kier alpha value is -1.70. The molecule has 0 bridgehead atoms. The van der Waals surface area contributed by atoms with Crippen molar-refractivity contribution in [3.8, 4) is 0 Å². The molecule has 0 radical (unpaired) electrons. The summed E-state index contributed by atoms with van der Waals surface area (Å²) in [6.07, 6.45) is 2.09. The quantitative estimate of drug-likeness (QED) is 0.657. The minimum Gasteiger partial charge on any atom is -0.364 e. The van der Waals surface area contributed by atoms with Crippen LogP contribution in [-0.2, 0) is 9.84 Å². The molecule has 2 heterocycles. The number of hydrogen-bond donors (Lipinski definition) is 1. The first-order valence-electron chi connectivity index (χ1n) is 5.93. The molecule has 0 amide bonds. The third-order valence-corrected chi connectivity index (χ3v) is 5.03. The second-order valence-corrected chi connectivity index (χ2v) is 6.96. The van der Waals surface area contributed by atoms with E-state index in [9.17, 15) is 18.5 Å². The number of pyridine rings is 1. The number of anilines is 1. The molecule has 0 aliphatic carbocycles. The molecule has 19 heavy (non-hydrogen) atoms. The Balaban J connectivity index is 2.08. The van der Waals surface area contributed by atoms with Crippen LogP contribution in [0, 0.1) is 23.0 Å². The van der Waals surface area contributed by atoms with Crippen molar-refractivity contribution in [3.05, 3.63) is 27.9 Å². The van der Waals surface area contributed by atoms with Crippen LogP contribution in [0.25, 0.3) is 0 Å². The fraction of sp³-hybridized carbons (Fsp3) is 0.545. The Morgan fingerprint density at radius 3 is 2.89 bits per heavy atom. The van der Waals surface area contributed by atoms with Crippen molar-refractivity contribution in [1.29, 1.82) is 0 Å². The van der Waals surface area contributed by atoms with E-state index in [2.05, 4.69) is 10.3 Å².